The lowest BCUT2D eigenvalue weighted by Crippen LogP contribution is -2.42. The van der Waals surface area contributed by atoms with E-state index < -0.39 is 5.97 Å². The number of anilines is 1. The number of aromatic nitrogens is 4. The van der Waals surface area contributed by atoms with Gasteiger partial charge in [0.05, 0.1) is 39.6 Å². The molecule has 0 saturated carbocycles. The molecular formula is C39H39Cl2N5O4. The van der Waals surface area contributed by atoms with Gasteiger partial charge in [0.15, 0.2) is 0 Å². The molecule has 9 nitrogen and oxygen atoms in total. The number of halogens is 2. The van der Waals surface area contributed by atoms with Gasteiger partial charge in [-0.15, -0.1) is 0 Å². The summed E-state index contributed by atoms with van der Waals surface area (Å²) in [5.74, 6) is -0.344. The number of carboxylic acids is 1. The Kier molecular flexibility index (Phi) is 8.47. The SMILES string of the molecule is Cc1cc(OCCCc2c3n(c4c(-c5c(C)nn(C)c5C)c(Cl)ccc24)C(C)CN(c2cn(C)c4cc(C(=O)O)ccc24)C3=O)cc(C)c1Cl. The maximum Gasteiger partial charge on any atom is 0.335 e. The van der Waals surface area contributed by atoms with Crippen molar-refractivity contribution < 1.29 is 19.4 Å². The number of hydrogen-bond acceptors (Lipinski definition) is 4. The van der Waals surface area contributed by atoms with Gasteiger partial charge in [-0.1, -0.05) is 29.3 Å². The van der Waals surface area contributed by atoms with Gasteiger partial charge in [-0.2, -0.15) is 5.10 Å². The first kappa shape index (κ1) is 33.8. The van der Waals surface area contributed by atoms with Crippen molar-refractivity contribution in [1.29, 1.82) is 0 Å². The monoisotopic (exact) mass is 711 g/mol. The van der Waals surface area contributed by atoms with Gasteiger partial charge in [0.1, 0.15) is 11.4 Å². The molecule has 3 aromatic carbocycles. The van der Waals surface area contributed by atoms with Gasteiger partial charge in [-0.3, -0.25) is 9.48 Å². The van der Waals surface area contributed by atoms with E-state index in [2.05, 4.69) is 11.5 Å². The Morgan fingerprint density at radius 1 is 1.00 bits per heavy atom. The average Bonchev–Trinajstić information content (AvgIpc) is 3.67. The second kappa shape index (κ2) is 12.5. The Hall–Kier alpha value is -4.73. The summed E-state index contributed by atoms with van der Waals surface area (Å²) in [5.41, 5.74) is 9.81. The summed E-state index contributed by atoms with van der Waals surface area (Å²) >= 11 is 13.5. The number of rotatable bonds is 8. The maximum absolute atomic E-state index is 14.9. The molecule has 7 rings (SSSR count). The fourth-order valence-electron chi connectivity index (χ4n) is 7.65. The van der Waals surface area contributed by atoms with Gasteiger partial charge in [0, 0.05) is 65.5 Å². The van der Waals surface area contributed by atoms with E-state index in [4.69, 9.17) is 33.0 Å². The molecule has 0 saturated heterocycles. The van der Waals surface area contributed by atoms with E-state index in [1.807, 2.05) is 86.4 Å². The van der Waals surface area contributed by atoms with Gasteiger partial charge >= 0.3 is 5.97 Å². The van der Waals surface area contributed by atoms with Crippen molar-refractivity contribution in [3.05, 3.63) is 98.0 Å². The molecule has 1 N–H and O–H groups in total. The third-order valence-corrected chi connectivity index (χ3v) is 11.0. The number of aromatic carboxylic acids is 1. The Morgan fingerprint density at radius 3 is 2.36 bits per heavy atom. The van der Waals surface area contributed by atoms with Crippen LogP contribution in [-0.2, 0) is 20.5 Å². The Morgan fingerprint density at radius 2 is 1.70 bits per heavy atom. The van der Waals surface area contributed by atoms with Gasteiger partial charge in [-0.25, -0.2) is 4.79 Å². The highest BCUT2D eigenvalue weighted by Gasteiger charge is 2.37. The lowest BCUT2D eigenvalue weighted by Gasteiger charge is -2.34. The number of carbonyl (C=O) groups is 2. The zero-order valence-corrected chi connectivity index (χ0v) is 30.7. The normalized spacial score (nSPS) is 14.6. The summed E-state index contributed by atoms with van der Waals surface area (Å²) in [4.78, 5) is 28.5. The molecule has 0 aliphatic carbocycles. The number of nitrogens with zero attached hydrogens (tertiary/aromatic N) is 5. The standard InChI is InChI=1S/C39H39Cl2N5O4/c1-20-15-26(16-21(2)35(20)41)50-14-8-9-27-28-12-13-30(40)34(33-23(4)42-44(7)24(33)5)36(28)46-22(3)18-45(38(47)37(27)46)32-19-43(6)31-17-25(39(48)49)10-11-29(31)32/h10-13,15-17,19,22H,8-9,14,18H2,1-7H3,(H,48,49). The molecule has 1 aliphatic heterocycles. The number of hydrogen-bond donors (Lipinski definition) is 1. The van der Waals surface area contributed by atoms with Crippen molar-refractivity contribution in [2.45, 2.75) is 53.5 Å². The summed E-state index contributed by atoms with van der Waals surface area (Å²) in [6.07, 6.45) is 3.18. The Labute approximate surface area is 300 Å². The van der Waals surface area contributed by atoms with Gasteiger partial charge in [-0.05, 0) is 101 Å². The minimum absolute atomic E-state index is 0.113. The van der Waals surface area contributed by atoms with E-state index in [-0.39, 0.29) is 17.5 Å². The second-order valence-electron chi connectivity index (χ2n) is 13.4. The van der Waals surface area contributed by atoms with Crippen molar-refractivity contribution in [2.75, 3.05) is 18.1 Å². The number of amides is 1. The molecule has 1 aliphatic rings. The number of aryl methyl sites for hydroxylation is 6. The third kappa shape index (κ3) is 5.34. The van der Waals surface area contributed by atoms with Gasteiger partial charge in [0.2, 0.25) is 0 Å². The van der Waals surface area contributed by atoms with E-state index in [1.54, 1.807) is 18.2 Å². The molecule has 0 radical (unpaired) electrons. The fraction of sp³-hybridized carbons (Fsp3) is 0.308. The summed E-state index contributed by atoms with van der Waals surface area (Å²) in [6.45, 7) is 11.0. The Balaban J connectivity index is 1.37. The number of benzene rings is 3. The van der Waals surface area contributed by atoms with E-state index in [9.17, 15) is 14.7 Å². The van der Waals surface area contributed by atoms with Crippen molar-refractivity contribution >= 4 is 62.6 Å². The molecule has 1 atom stereocenters. The van der Waals surface area contributed by atoms with E-state index >= 15 is 0 Å². The zero-order chi connectivity index (χ0) is 35.8. The minimum Gasteiger partial charge on any atom is -0.494 e. The van der Waals surface area contributed by atoms with Crippen LogP contribution < -0.4 is 9.64 Å². The molecule has 258 valence electrons. The lowest BCUT2D eigenvalue weighted by atomic mass is 9.98. The highest BCUT2D eigenvalue weighted by Crippen LogP contribution is 2.45. The number of ether oxygens (including phenoxy) is 1. The van der Waals surface area contributed by atoms with Crippen molar-refractivity contribution in [1.82, 2.24) is 18.9 Å². The third-order valence-electron chi connectivity index (χ3n) is 10.1. The van der Waals surface area contributed by atoms with Crippen LogP contribution in [0.15, 0.2) is 48.7 Å². The number of carbonyl (C=O) groups excluding carboxylic acids is 1. The van der Waals surface area contributed by atoms with Gasteiger partial charge < -0.3 is 23.9 Å². The maximum atomic E-state index is 14.9. The summed E-state index contributed by atoms with van der Waals surface area (Å²) < 4.78 is 12.1. The predicted octanol–water partition coefficient (Wildman–Crippen LogP) is 9.01. The quantitative estimate of drug-likeness (QED) is 0.159. The van der Waals surface area contributed by atoms with Crippen LogP contribution in [0.25, 0.3) is 32.9 Å². The van der Waals surface area contributed by atoms with Crippen LogP contribution in [0, 0.1) is 27.7 Å². The van der Waals surface area contributed by atoms with E-state index in [0.717, 1.165) is 77.5 Å². The molecular weight excluding hydrogens is 673 g/mol. The van der Waals surface area contributed by atoms with E-state index in [0.29, 0.717) is 36.7 Å². The highest BCUT2D eigenvalue weighted by atomic mass is 35.5. The largest absolute Gasteiger partial charge is 0.494 e. The molecule has 0 bridgehead atoms. The van der Waals surface area contributed by atoms with Crippen LogP contribution in [0.4, 0.5) is 5.69 Å². The molecule has 4 heterocycles. The van der Waals surface area contributed by atoms with Gasteiger partial charge in [0.25, 0.3) is 5.91 Å². The zero-order valence-electron chi connectivity index (χ0n) is 29.2. The predicted molar refractivity (Wildman–Crippen MR) is 200 cm³/mol. The number of fused-ring (bicyclic) bond motifs is 4. The van der Waals surface area contributed by atoms with Crippen LogP contribution in [0.5, 0.6) is 5.75 Å². The minimum atomic E-state index is -0.995. The van der Waals surface area contributed by atoms with Crippen LogP contribution in [-0.4, -0.2) is 49.0 Å². The molecule has 0 spiro atoms. The van der Waals surface area contributed by atoms with E-state index in [1.165, 1.54) is 0 Å². The molecule has 0 fully saturated rings. The van der Waals surface area contributed by atoms with Crippen LogP contribution in [0.3, 0.4) is 0 Å². The number of carboxylic acid groups (broad SMARTS) is 1. The molecule has 6 aromatic rings. The summed E-state index contributed by atoms with van der Waals surface area (Å²) in [6, 6.07) is 12.8. The van der Waals surface area contributed by atoms with Crippen LogP contribution >= 0.6 is 23.2 Å². The highest BCUT2D eigenvalue weighted by molar-refractivity contribution is 6.35. The smallest absolute Gasteiger partial charge is 0.335 e. The lowest BCUT2D eigenvalue weighted by molar-refractivity contribution is 0.0696. The van der Waals surface area contributed by atoms with Crippen LogP contribution in [0.1, 0.15) is 68.3 Å². The second-order valence-corrected chi connectivity index (χ2v) is 14.2. The fourth-order valence-corrected chi connectivity index (χ4v) is 8.00. The first-order chi connectivity index (χ1) is 23.8. The molecule has 11 heteroatoms. The molecule has 50 heavy (non-hydrogen) atoms. The first-order valence-electron chi connectivity index (χ1n) is 16.7. The van der Waals surface area contributed by atoms with Crippen molar-refractivity contribution in [3.63, 3.8) is 0 Å². The molecule has 3 aromatic heterocycles. The van der Waals surface area contributed by atoms with Crippen molar-refractivity contribution in [2.24, 2.45) is 14.1 Å². The van der Waals surface area contributed by atoms with Crippen molar-refractivity contribution in [3.8, 4) is 16.9 Å². The molecule has 1 unspecified atom stereocenters. The summed E-state index contributed by atoms with van der Waals surface area (Å²) in [5, 5.41) is 17.5. The summed E-state index contributed by atoms with van der Waals surface area (Å²) in [7, 11) is 3.80. The first-order valence-corrected chi connectivity index (χ1v) is 17.4. The topological polar surface area (TPSA) is 94.5 Å². The average molecular weight is 713 g/mol. The Bertz CT molecular complexity index is 2360. The van der Waals surface area contributed by atoms with Crippen LogP contribution in [0.2, 0.25) is 10.0 Å². The molecule has 1 amide bonds.